The first-order valence-electron chi connectivity index (χ1n) is 7.51. The largest absolute Gasteiger partial charge is 0.497 e. The van der Waals surface area contributed by atoms with Crippen molar-refractivity contribution in [3.8, 4) is 5.75 Å². The number of ketones is 1. The van der Waals surface area contributed by atoms with E-state index in [1.165, 1.54) is 0 Å². The number of carbonyl (C=O) groups excluding carboxylic acids is 1. The summed E-state index contributed by atoms with van der Waals surface area (Å²) >= 11 is 5.67. The molecule has 0 radical (unpaired) electrons. The smallest absolute Gasteiger partial charge is 0.178 e. The third kappa shape index (κ3) is 3.24. The monoisotopic (exact) mass is 342 g/mol. The maximum Gasteiger partial charge on any atom is 0.178 e. The Bertz CT molecular complexity index is 557. The molecule has 1 N–H and O–H groups in total. The molecule has 0 aliphatic carbocycles. The maximum absolute atomic E-state index is 12.7. The molecule has 6 heteroatoms. The lowest BCUT2D eigenvalue weighted by atomic mass is 9.79. The van der Waals surface area contributed by atoms with Gasteiger partial charge in [0.15, 0.2) is 11.6 Å². The number of aliphatic hydroxyl groups is 1. The molecular weight excluding hydrogens is 320 g/mol. The summed E-state index contributed by atoms with van der Waals surface area (Å²) in [6.45, 7) is 5.48. The van der Waals surface area contributed by atoms with E-state index in [9.17, 15) is 9.90 Å². The van der Waals surface area contributed by atoms with Crippen LogP contribution in [0.2, 0.25) is 0 Å². The SMILES string of the molecule is COc1ccc(C(O)C2OC(C)(OCCCl)C(C)(C)C2=O)cc1. The average molecular weight is 343 g/mol. The fraction of sp³-hybridized carbons (Fsp3) is 0.588. The van der Waals surface area contributed by atoms with Crippen molar-refractivity contribution in [3.05, 3.63) is 29.8 Å². The number of halogens is 1. The van der Waals surface area contributed by atoms with Crippen molar-refractivity contribution >= 4 is 17.4 Å². The number of alkyl halides is 1. The van der Waals surface area contributed by atoms with Crippen LogP contribution in [0.5, 0.6) is 5.75 Å². The molecule has 3 atom stereocenters. The number of benzene rings is 1. The molecular formula is C17H23ClO5. The Hall–Kier alpha value is -1.14. The highest BCUT2D eigenvalue weighted by Gasteiger charge is 2.60. The van der Waals surface area contributed by atoms with Crippen molar-refractivity contribution in [2.24, 2.45) is 5.41 Å². The molecule has 0 spiro atoms. The molecule has 0 saturated carbocycles. The molecule has 0 bridgehead atoms. The van der Waals surface area contributed by atoms with Crippen LogP contribution in [0, 0.1) is 5.41 Å². The molecule has 1 aromatic rings. The van der Waals surface area contributed by atoms with E-state index < -0.39 is 23.4 Å². The van der Waals surface area contributed by atoms with Crippen molar-refractivity contribution in [2.75, 3.05) is 19.6 Å². The lowest BCUT2D eigenvalue weighted by molar-refractivity contribution is -0.257. The fourth-order valence-electron chi connectivity index (χ4n) is 2.65. The van der Waals surface area contributed by atoms with E-state index in [0.29, 0.717) is 17.2 Å². The molecule has 23 heavy (non-hydrogen) atoms. The number of ether oxygens (including phenoxy) is 3. The summed E-state index contributed by atoms with van der Waals surface area (Å²) in [6.07, 6.45) is -2.06. The highest BCUT2D eigenvalue weighted by atomic mass is 35.5. The average Bonchev–Trinajstić information content (AvgIpc) is 2.73. The Labute approximate surface area is 141 Å². The first-order valence-corrected chi connectivity index (χ1v) is 8.04. The molecule has 1 aromatic carbocycles. The predicted molar refractivity (Wildman–Crippen MR) is 86.7 cm³/mol. The number of methoxy groups -OCH3 is 1. The summed E-state index contributed by atoms with van der Waals surface area (Å²) in [4.78, 5) is 12.7. The van der Waals surface area contributed by atoms with Gasteiger partial charge >= 0.3 is 0 Å². The van der Waals surface area contributed by atoms with Gasteiger partial charge in [-0.3, -0.25) is 4.79 Å². The molecule has 3 unspecified atom stereocenters. The van der Waals surface area contributed by atoms with Crippen molar-refractivity contribution < 1.29 is 24.1 Å². The summed E-state index contributed by atoms with van der Waals surface area (Å²) in [5.74, 6) is -0.348. The van der Waals surface area contributed by atoms with E-state index in [1.54, 1.807) is 52.1 Å². The lowest BCUT2D eigenvalue weighted by Crippen LogP contribution is -2.44. The van der Waals surface area contributed by atoms with Gasteiger partial charge in [-0.05, 0) is 38.5 Å². The van der Waals surface area contributed by atoms with Gasteiger partial charge in [0.2, 0.25) is 0 Å². The second-order valence-electron chi connectivity index (χ2n) is 6.23. The Balaban J connectivity index is 2.23. The molecule has 2 rings (SSSR count). The number of Topliss-reactive ketones (excluding diaryl/α,β-unsaturated/α-hetero) is 1. The van der Waals surface area contributed by atoms with Crippen molar-refractivity contribution in [1.82, 2.24) is 0 Å². The molecule has 1 saturated heterocycles. The van der Waals surface area contributed by atoms with Crippen LogP contribution in [0.3, 0.4) is 0 Å². The van der Waals surface area contributed by atoms with Gasteiger partial charge in [0, 0.05) is 5.88 Å². The molecule has 1 fully saturated rings. The third-order valence-corrected chi connectivity index (χ3v) is 4.71. The summed E-state index contributed by atoms with van der Waals surface area (Å²) < 4.78 is 16.6. The van der Waals surface area contributed by atoms with Gasteiger partial charge < -0.3 is 19.3 Å². The van der Waals surface area contributed by atoms with Gasteiger partial charge in [0.1, 0.15) is 18.0 Å². The first kappa shape index (κ1) is 18.2. The maximum atomic E-state index is 12.7. The van der Waals surface area contributed by atoms with Crippen molar-refractivity contribution in [2.45, 2.75) is 38.8 Å². The zero-order valence-electron chi connectivity index (χ0n) is 13.8. The summed E-state index contributed by atoms with van der Waals surface area (Å²) in [5, 5.41) is 10.6. The van der Waals surface area contributed by atoms with Crippen molar-refractivity contribution in [3.63, 3.8) is 0 Å². The molecule has 0 amide bonds. The summed E-state index contributed by atoms with van der Waals surface area (Å²) in [6, 6.07) is 6.88. The Morgan fingerprint density at radius 3 is 2.43 bits per heavy atom. The van der Waals surface area contributed by atoms with Crippen LogP contribution in [0.1, 0.15) is 32.4 Å². The Kier molecular flexibility index (Phi) is 5.36. The third-order valence-electron chi connectivity index (χ3n) is 4.56. The van der Waals surface area contributed by atoms with Gasteiger partial charge in [-0.2, -0.15) is 0 Å². The predicted octanol–water partition coefficient (Wildman–Crippen LogP) is 2.69. The van der Waals surface area contributed by atoms with Crippen molar-refractivity contribution in [1.29, 1.82) is 0 Å². The molecule has 1 aliphatic rings. The molecule has 128 valence electrons. The Morgan fingerprint density at radius 1 is 1.30 bits per heavy atom. The molecule has 0 aromatic heterocycles. The summed E-state index contributed by atoms with van der Waals surface area (Å²) in [7, 11) is 1.57. The quantitative estimate of drug-likeness (QED) is 0.805. The minimum atomic E-state index is -1.13. The van der Waals surface area contributed by atoms with Gasteiger partial charge in [-0.15, -0.1) is 11.6 Å². The zero-order chi connectivity index (χ0) is 17.3. The molecule has 1 aliphatic heterocycles. The van der Waals surface area contributed by atoms with E-state index in [-0.39, 0.29) is 12.4 Å². The normalized spacial score (nSPS) is 27.9. The van der Waals surface area contributed by atoms with Crippen LogP contribution >= 0.6 is 11.6 Å². The fourth-order valence-corrected chi connectivity index (χ4v) is 2.73. The minimum absolute atomic E-state index is 0.196. The zero-order valence-corrected chi connectivity index (χ0v) is 14.6. The second-order valence-corrected chi connectivity index (χ2v) is 6.61. The van der Waals surface area contributed by atoms with Crippen LogP contribution in [0.25, 0.3) is 0 Å². The van der Waals surface area contributed by atoms with E-state index in [0.717, 1.165) is 0 Å². The van der Waals surface area contributed by atoms with E-state index in [2.05, 4.69) is 0 Å². The number of aliphatic hydroxyl groups excluding tert-OH is 1. The van der Waals surface area contributed by atoms with Crippen LogP contribution in [0.15, 0.2) is 24.3 Å². The van der Waals surface area contributed by atoms with E-state index in [4.69, 9.17) is 25.8 Å². The first-order chi connectivity index (χ1) is 10.8. The lowest BCUT2D eigenvalue weighted by Gasteiger charge is -2.34. The van der Waals surface area contributed by atoms with Crippen LogP contribution < -0.4 is 4.74 Å². The minimum Gasteiger partial charge on any atom is -0.497 e. The van der Waals surface area contributed by atoms with Crippen LogP contribution in [-0.4, -0.2) is 42.4 Å². The van der Waals surface area contributed by atoms with E-state index >= 15 is 0 Å². The second kappa shape index (κ2) is 6.77. The number of rotatable bonds is 6. The van der Waals surface area contributed by atoms with Gasteiger partial charge in [0.25, 0.3) is 0 Å². The van der Waals surface area contributed by atoms with E-state index in [1.807, 2.05) is 0 Å². The van der Waals surface area contributed by atoms with Gasteiger partial charge in [0.05, 0.1) is 19.1 Å². The number of hydrogen-bond donors (Lipinski definition) is 1. The number of hydrogen-bond acceptors (Lipinski definition) is 5. The number of carbonyl (C=O) groups is 1. The molecule has 1 heterocycles. The van der Waals surface area contributed by atoms with Crippen LogP contribution in [-0.2, 0) is 14.3 Å². The highest BCUT2D eigenvalue weighted by Crippen LogP contribution is 2.47. The summed E-state index contributed by atoms with van der Waals surface area (Å²) in [5.41, 5.74) is -0.307. The molecule has 5 nitrogen and oxygen atoms in total. The standard InChI is InChI=1S/C17H23ClO5/c1-16(2)15(20)14(23-17(16,3)22-10-9-18)13(19)11-5-7-12(21-4)8-6-11/h5-8,13-14,19H,9-10H2,1-4H3. The highest BCUT2D eigenvalue weighted by molar-refractivity contribution is 6.17. The Morgan fingerprint density at radius 2 is 1.91 bits per heavy atom. The van der Waals surface area contributed by atoms with Gasteiger partial charge in [-0.25, -0.2) is 0 Å². The topological polar surface area (TPSA) is 65.0 Å². The van der Waals surface area contributed by atoms with Crippen LogP contribution in [0.4, 0.5) is 0 Å². The van der Waals surface area contributed by atoms with Gasteiger partial charge in [-0.1, -0.05) is 12.1 Å².